The van der Waals surface area contributed by atoms with Gasteiger partial charge in [-0.2, -0.15) is 5.26 Å². The zero-order valence-corrected chi connectivity index (χ0v) is 10.1. The largest absolute Gasteiger partial charge is 0.380 e. The van der Waals surface area contributed by atoms with Gasteiger partial charge >= 0.3 is 0 Å². The maximum absolute atomic E-state index is 12.0. The molecule has 0 aromatic heterocycles. The Morgan fingerprint density at radius 2 is 2.12 bits per heavy atom. The normalized spacial score (nSPS) is 20.8. The number of amides is 1. The Morgan fingerprint density at radius 1 is 1.50 bits per heavy atom. The quantitative estimate of drug-likeness (QED) is 0.789. The van der Waals surface area contributed by atoms with Gasteiger partial charge in [-0.3, -0.25) is 4.79 Å². The summed E-state index contributed by atoms with van der Waals surface area (Å²) in [7, 11) is 1.61. The lowest BCUT2D eigenvalue weighted by atomic mass is 9.74. The van der Waals surface area contributed by atoms with Gasteiger partial charge in [0, 0.05) is 13.7 Å². The van der Waals surface area contributed by atoms with Crippen LogP contribution < -0.4 is 5.32 Å². The number of hydrogen-bond donors (Lipinski definition) is 1. The molecule has 0 aliphatic heterocycles. The Labute approximate surface area is 97.0 Å². The Balaban J connectivity index is 2.53. The maximum Gasteiger partial charge on any atom is 0.240 e. The van der Waals surface area contributed by atoms with E-state index >= 15 is 0 Å². The lowest BCUT2D eigenvalue weighted by Gasteiger charge is -2.29. The molecule has 0 spiro atoms. The molecule has 90 valence electrons. The van der Waals surface area contributed by atoms with Crippen LogP contribution in [0.4, 0.5) is 0 Å². The molecule has 0 radical (unpaired) electrons. The summed E-state index contributed by atoms with van der Waals surface area (Å²) in [6.45, 7) is 2.36. The number of methoxy groups -OCH3 is 1. The third-order valence-corrected chi connectivity index (χ3v) is 3.31. The van der Waals surface area contributed by atoms with Crippen molar-refractivity contribution in [1.29, 1.82) is 5.26 Å². The molecule has 0 saturated heterocycles. The molecule has 1 saturated carbocycles. The first-order valence-corrected chi connectivity index (χ1v) is 5.87. The van der Waals surface area contributed by atoms with E-state index in [1.54, 1.807) is 7.11 Å². The van der Waals surface area contributed by atoms with E-state index in [2.05, 4.69) is 11.4 Å². The van der Waals surface area contributed by atoms with Gasteiger partial charge in [-0.15, -0.1) is 0 Å². The molecule has 1 amide bonds. The van der Waals surface area contributed by atoms with Crippen LogP contribution in [0.2, 0.25) is 0 Å². The van der Waals surface area contributed by atoms with Gasteiger partial charge in [-0.25, -0.2) is 0 Å². The molecule has 16 heavy (non-hydrogen) atoms. The van der Waals surface area contributed by atoms with Crippen molar-refractivity contribution < 1.29 is 9.53 Å². The van der Waals surface area contributed by atoms with E-state index in [-0.39, 0.29) is 12.0 Å². The molecule has 1 unspecified atom stereocenters. The highest BCUT2D eigenvalue weighted by Gasteiger charge is 2.39. The summed E-state index contributed by atoms with van der Waals surface area (Å²) >= 11 is 0. The highest BCUT2D eigenvalue weighted by atomic mass is 16.5. The summed E-state index contributed by atoms with van der Waals surface area (Å²) in [6, 6.07) is 2.21. The smallest absolute Gasteiger partial charge is 0.240 e. The minimum Gasteiger partial charge on any atom is -0.380 e. The van der Waals surface area contributed by atoms with E-state index in [0.717, 1.165) is 19.3 Å². The number of rotatable bonds is 4. The summed E-state index contributed by atoms with van der Waals surface area (Å²) in [5.74, 6) is -0.126. The molecule has 0 aromatic rings. The van der Waals surface area contributed by atoms with Crippen LogP contribution in [0.1, 0.15) is 39.0 Å². The van der Waals surface area contributed by atoms with Crippen LogP contribution in [0.25, 0.3) is 0 Å². The predicted molar refractivity (Wildman–Crippen MR) is 60.6 cm³/mol. The standard InChI is InChI=1S/C12H20N2O2/c1-10(16-2)8-14-11(15)12(9-13)6-4-3-5-7-12/h10H,3-8H2,1-2H3,(H,14,15). The molecule has 1 atom stereocenters. The van der Waals surface area contributed by atoms with Gasteiger partial charge < -0.3 is 10.1 Å². The Kier molecular flexibility index (Phi) is 4.75. The molecule has 0 aromatic carbocycles. The Hall–Kier alpha value is -1.08. The Morgan fingerprint density at radius 3 is 2.62 bits per heavy atom. The number of nitriles is 1. The molecular formula is C12H20N2O2. The number of carbonyl (C=O) groups excluding carboxylic acids is 1. The van der Waals surface area contributed by atoms with Gasteiger partial charge in [0.1, 0.15) is 5.41 Å². The second-order valence-electron chi connectivity index (χ2n) is 4.51. The second-order valence-corrected chi connectivity index (χ2v) is 4.51. The summed E-state index contributed by atoms with van der Waals surface area (Å²) in [6.07, 6.45) is 4.45. The van der Waals surface area contributed by atoms with Gasteiger partial charge in [-0.1, -0.05) is 19.3 Å². The summed E-state index contributed by atoms with van der Waals surface area (Å²) in [5.41, 5.74) is -0.786. The first-order valence-electron chi connectivity index (χ1n) is 5.87. The lowest BCUT2D eigenvalue weighted by molar-refractivity contribution is -0.130. The van der Waals surface area contributed by atoms with Crippen molar-refractivity contribution in [2.45, 2.75) is 45.1 Å². The van der Waals surface area contributed by atoms with E-state index in [4.69, 9.17) is 4.74 Å². The SMILES string of the molecule is COC(C)CNC(=O)C1(C#N)CCCCC1. The average molecular weight is 224 g/mol. The van der Waals surface area contributed by atoms with E-state index in [9.17, 15) is 10.1 Å². The van der Waals surface area contributed by atoms with Crippen molar-refractivity contribution in [2.24, 2.45) is 5.41 Å². The summed E-state index contributed by atoms with van der Waals surface area (Å²) in [5, 5.41) is 12.0. The van der Waals surface area contributed by atoms with Gasteiger partial charge in [0.05, 0.1) is 12.2 Å². The van der Waals surface area contributed by atoms with Crippen molar-refractivity contribution in [3.63, 3.8) is 0 Å². The molecule has 1 aliphatic rings. The van der Waals surface area contributed by atoms with E-state index in [1.807, 2.05) is 6.92 Å². The fourth-order valence-electron chi connectivity index (χ4n) is 2.03. The van der Waals surface area contributed by atoms with Crippen LogP contribution in [0.15, 0.2) is 0 Å². The van der Waals surface area contributed by atoms with E-state index < -0.39 is 5.41 Å². The molecule has 1 rings (SSSR count). The molecule has 0 bridgehead atoms. The van der Waals surface area contributed by atoms with Crippen molar-refractivity contribution in [1.82, 2.24) is 5.32 Å². The fraction of sp³-hybridized carbons (Fsp3) is 0.833. The monoisotopic (exact) mass is 224 g/mol. The van der Waals surface area contributed by atoms with E-state index in [0.29, 0.717) is 19.4 Å². The van der Waals surface area contributed by atoms with Crippen molar-refractivity contribution in [3.05, 3.63) is 0 Å². The highest BCUT2D eigenvalue weighted by molar-refractivity contribution is 5.85. The average Bonchev–Trinajstić information content (AvgIpc) is 2.36. The van der Waals surface area contributed by atoms with Crippen LogP contribution in [0, 0.1) is 16.7 Å². The van der Waals surface area contributed by atoms with Crippen LogP contribution in [-0.4, -0.2) is 25.7 Å². The molecule has 0 heterocycles. The topological polar surface area (TPSA) is 62.1 Å². The van der Waals surface area contributed by atoms with Gasteiger partial charge in [-0.05, 0) is 19.8 Å². The number of hydrogen-bond acceptors (Lipinski definition) is 3. The van der Waals surface area contributed by atoms with Gasteiger partial charge in [0.2, 0.25) is 5.91 Å². The minimum absolute atomic E-state index is 0.0108. The van der Waals surface area contributed by atoms with Crippen molar-refractivity contribution in [2.75, 3.05) is 13.7 Å². The van der Waals surface area contributed by atoms with Gasteiger partial charge in [0.25, 0.3) is 0 Å². The van der Waals surface area contributed by atoms with Gasteiger partial charge in [0.15, 0.2) is 0 Å². The maximum atomic E-state index is 12.0. The number of carbonyl (C=O) groups is 1. The number of nitrogens with zero attached hydrogens (tertiary/aromatic N) is 1. The first-order chi connectivity index (χ1) is 7.64. The molecule has 1 N–H and O–H groups in total. The van der Waals surface area contributed by atoms with Crippen LogP contribution in [-0.2, 0) is 9.53 Å². The third-order valence-electron chi connectivity index (χ3n) is 3.31. The molecular weight excluding hydrogens is 204 g/mol. The fourth-order valence-corrected chi connectivity index (χ4v) is 2.03. The lowest BCUT2D eigenvalue weighted by Crippen LogP contribution is -2.43. The summed E-state index contributed by atoms with van der Waals surface area (Å²) in [4.78, 5) is 12.0. The molecule has 4 nitrogen and oxygen atoms in total. The first kappa shape index (κ1) is 13.0. The van der Waals surface area contributed by atoms with Crippen molar-refractivity contribution >= 4 is 5.91 Å². The zero-order chi connectivity index (χ0) is 12.0. The van der Waals surface area contributed by atoms with E-state index in [1.165, 1.54) is 0 Å². The zero-order valence-electron chi connectivity index (χ0n) is 10.1. The summed E-state index contributed by atoms with van der Waals surface area (Å²) < 4.78 is 5.06. The highest BCUT2D eigenvalue weighted by Crippen LogP contribution is 2.35. The molecule has 1 aliphatic carbocycles. The van der Waals surface area contributed by atoms with Crippen LogP contribution in [0.3, 0.4) is 0 Å². The molecule has 4 heteroatoms. The molecule has 1 fully saturated rings. The second kappa shape index (κ2) is 5.86. The van der Waals surface area contributed by atoms with Crippen LogP contribution in [0.5, 0.6) is 0 Å². The predicted octanol–water partition coefficient (Wildman–Crippen LogP) is 1.61. The van der Waals surface area contributed by atoms with Crippen LogP contribution >= 0.6 is 0 Å². The van der Waals surface area contributed by atoms with Crippen molar-refractivity contribution in [3.8, 4) is 6.07 Å². The Bertz CT molecular complexity index is 277. The minimum atomic E-state index is -0.786. The third kappa shape index (κ3) is 2.96. The number of ether oxygens (including phenoxy) is 1. The number of nitrogens with one attached hydrogen (secondary N) is 1.